The molecule has 2 aromatic rings. The number of amides is 3. The second-order valence-electron chi connectivity index (χ2n) is 4.77. The van der Waals surface area contributed by atoms with E-state index in [1.54, 1.807) is 18.3 Å². The Bertz CT molecular complexity index is 739. The first kappa shape index (κ1) is 16.2. The average molecular weight is 367 g/mol. The molecule has 2 aromatic heterocycles. The summed E-state index contributed by atoms with van der Waals surface area (Å²) in [7, 11) is 0. The maximum Gasteiger partial charge on any atom is 0.288 e. The van der Waals surface area contributed by atoms with Gasteiger partial charge in [-0.25, -0.2) is 4.98 Å². The summed E-state index contributed by atoms with van der Waals surface area (Å²) in [4.78, 5) is 42.4. The van der Waals surface area contributed by atoms with Crippen molar-refractivity contribution in [2.45, 2.75) is 6.92 Å². The number of thiophene rings is 1. The SMILES string of the molecule is Cc1nc(-c2cccs2)sc1C(=O)NCCN1C(=O)CSC1=O. The molecule has 3 amide bonds. The zero-order chi connectivity index (χ0) is 16.4. The number of carbonyl (C=O) groups excluding carboxylic acids is 3. The maximum absolute atomic E-state index is 12.3. The normalized spacial score (nSPS) is 14.6. The summed E-state index contributed by atoms with van der Waals surface area (Å²) < 4.78 is 0. The third kappa shape index (κ3) is 3.46. The van der Waals surface area contributed by atoms with Crippen molar-refractivity contribution in [2.24, 2.45) is 0 Å². The zero-order valence-corrected chi connectivity index (χ0v) is 14.6. The molecule has 9 heteroatoms. The summed E-state index contributed by atoms with van der Waals surface area (Å²) >= 11 is 3.91. The average Bonchev–Trinajstić information content (AvgIpc) is 3.23. The lowest BCUT2D eigenvalue weighted by molar-refractivity contribution is -0.124. The van der Waals surface area contributed by atoms with Gasteiger partial charge in [0.05, 0.1) is 16.3 Å². The van der Waals surface area contributed by atoms with Crippen LogP contribution in [0.4, 0.5) is 4.79 Å². The van der Waals surface area contributed by atoms with Gasteiger partial charge in [0, 0.05) is 13.1 Å². The van der Waals surface area contributed by atoms with Gasteiger partial charge in [0.15, 0.2) is 0 Å². The summed E-state index contributed by atoms with van der Waals surface area (Å²) in [6.07, 6.45) is 0. The first-order valence-electron chi connectivity index (χ1n) is 6.83. The van der Waals surface area contributed by atoms with Crippen LogP contribution in [0, 0.1) is 6.92 Å². The Morgan fingerprint density at radius 2 is 2.26 bits per heavy atom. The van der Waals surface area contributed by atoms with Crippen molar-refractivity contribution in [1.82, 2.24) is 15.2 Å². The highest BCUT2D eigenvalue weighted by atomic mass is 32.2. The molecule has 3 heterocycles. The van der Waals surface area contributed by atoms with Crippen LogP contribution in [0.1, 0.15) is 15.4 Å². The molecule has 0 radical (unpaired) electrons. The fourth-order valence-corrected chi connectivity index (χ4v) is 4.60. The van der Waals surface area contributed by atoms with E-state index in [4.69, 9.17) is 0 Å². The first-order chi connectivity index (χ1) is 11.1. The molecule has 6 nitrogen and oxygen atoms in total. The molecule has 1 saturated heterocycles. The van der Waals surface area contributed by atoms with Crippen LogP contribution < -0.4 is 5.32 Å². The fraction of sp³-hybridized carbons (Fsp3) is 0.286. The lowest BCUT2D eigenvalue weighted by atomic mass is 10.3. The van der Waals surface area contributed by atoms with Crippen molar-refractivity contribution in [3.05, 3.63) is 28.1 Å². The van der Waals surface area contributed by atoms with E-state index in [0.29, 0.717) is 10.6 Å². The van der Waals surface area contributed by atoms with Crippen LogP contribution in [0.15, 0.2) is 17.5 Å². The van der Waals surface area contributed by atoms with E-state index >= 15 is 0 Å². The number of hydrogen-bond donors (Lipinski definition) is 1. The number of nitrogens with one attached hydrogen (secondary N) is 1. The summed E-state index contributed by atoms with van der Waals surface area (Å²) in [5.41, 5.74) is 0.680. The molecule has 1 fully saturated rings. The van der Waals surface area contributed by atoms with Gasteiger partial charge in [-0.1, -0.05) is 17.8 Å². The molecule has 0 unspecified atom stereocenters. The van der Waals surface area contributed by atoms with Gasteiger partial charge in [-0.05, 0) is 18.4 Å². The minimum Gasteiger partial charge on any atom is -0.349 e. The number of carbonyl (C=O) groups is 3. The third-order valence-corrected chi connectivity index (χ3v) is 6.25. The van der Waals surface area contributed by atoms with E-state index in [2.05, 4.69) is 10.3 Å². The van der Waals surface area contributed by atoms with Crippen molar-refractivity contribution in [1.29, 1.82) is 0 Å². The van der Waals surface area contributed by atoms with Crippen LogP contribution in [-0.4, -0.2) is 45.8 Å². The van der Waals surface area contributed by atoms with Crippen LogP contribution in [0.5, 0.6) is 0 Å². The van der Waals surface area contributed by atoms with E-state index in [9.17, 15) is 14.4 Å². The Morgan fingerprint density at radius 1 is 1.43 bits per heavy atom. The van der Waals surface area contributed by atoms with Crippen LogP contribution >= 0.6 is 34.4 Å². The lowest BCUT2D eigenvalue weighted by Crippen LogP contribution is -2.37. The number of imide groups is 1. The van der Waals surface area contributed by atoms with Crippen molar-refractivity contribution >= 4 is 51.5 Å². The molecule has 0 aromatic carbocycles. The van der Waals surface area contributed by atoms with Gasteiger partial charge in [-0.2, -0.15) is 0 Å². The van der Waals surface area contributed by atoms with Crippen LogP contribution in [0.2, 0.25) is 0 Å². The van der Waals surface area contributed by atoms with Crippen molar-refractivity contribution in [3.63, 3.8) is 0 Å². The van der Waals surface area contributed by atoms with E-state index < -0.39 is 0 Å². The predicted octanol–water partition coefficient (Wildman–Crippen LogP) is 2.61. The molecular formula is C14H13N3O3S3. The van der Waals surface area contributed by atoms with Crippen molar-refractivity contribution in [2.75, 3.05) is 18.8 Å². The Kier molecular flexibility index (Phi) is 4.79. The zero-order valence-electron chi connectivity index (χ0n) is 12.2. The Balaban J connectivity index is 1.60. The van der Waals surface area contributed by atoms with E-state index in [-0.39, 0.29) is 35.9 Å². The number of rotatable bonds is 5. The highest BCUT2D eigenvalue weighted by Gasteiger charge is 2.29. The van der Waals surface area contributed by atoms with Gasteiger partial charge in [0.1, 0.15) is 9.88 Å². The second kappa shape index (κ2) is 6.81. The summed E-state index contributed by atoms with van der Waals surface area (Å²) in [5, 5.41) is 5.28. The predicted molar refractivity (Wildman–Crippen MR) is 92.1 cm³/mol. The second-order valence-corrected chi connectivity index (χ2v) is 7.64. The minimum atomic E-state index is -0.252. The van der Waals surface area contributed by atoms with E-state index in [1.165, 1.54) is 16.2 Å². The molecule has 0 saturated carbocycles. The van der Waals surface area contributed by atoms with E-state index in [0.717, 1.165) is 21.6 Å². The maximum atomic E-state index is 12.3. The standard InChI is InChI=1S/C14H13N3O3S3/c1-8-11(23-13(16-8)9-3-2-6-21-9)12(19)15-4-5-17-10(18)7-22-14(17)20/h2-3,6H,4-5,7H2,1H3,(H,15,19). The molecule has 1 N–H and O–H groups in total. The van der Waals surface area contributed by atoms with Gasteiger partial charge in [-0.3, -0.25) is 19.3 Å². The highest BCUT2D eigenvalue weighted by Crippen LogP contribution is 2.30. The van der Waals surface area contributed by atoms with Crippen LogP contribution in [0.25, 0.3) is 9.88 Å². The Hall–Kier alpha value is -1.71. The molecule has 0 spiro atoms. The first-order valence-corrected chi connectivity index (χ1v) is 9.51. The number of nitrogens with zero attached hydrogens (tertiary/aromatic N) is 2. The smallest absolute Gasteiger partial charge is 0.288 e. The highest BCUT2D eigenvalue weighted by molar-refractivity contribution is 8.14. The Morgan fingerprint density at radius 3 is 2.91 bits per heavy atom. The Labute approximate surface area is 144 Å². The molecule has 120 valence electrons. The lowest BCUT2D eigenvalue weighted by Gasteiger charge is -2.12. The van der Waals surface area contributed by atoms with Gasteiger partial charge >= 0.3 is 0 Å². The number of aromatic nitrogens is 1. The van der Waals surface area contributed by atoms with Crippen molar-refractivity contribution in [3.8, 4) is 9.88 Å². The quantitative estimate of drug-likeness (QED) is 0.879. The molecule has 0 aliphatic carbocycles. The summed E-state index contributed by atoms with van der Waals surface area (Å²) in [6.45, 7) is 2.24. The van der Waals surface area contributed by atoms with Crippen molar-refractivity contribution < 1.29 is 14.4 Å². The summed E-state index contributed by atoms with van der Waals surface area (Å²) in [6, 6.07) is 3.91. The summed E-state index contributed by atoms with van der Waals surface area (Å²) in [5.74, 6) is -0.247. The minimum absolute atomic E-state index is 0.185. The molecule has 3 rings (SSSR count). The number of hydrogen-bond acceptors (Lipinski definition) is 7. The monoisotopic (exact) mass is 367 g/mol. The van der Waals surface area contributed by atoms with E-state index in [1.807, 2.05) is 17.5 Å². The van der Waals surface area contributed by atoms with Crippen LogP contribution in [-0.2, 0) is 4.79 Å². The number of thioether (sulfide) groups is 1. The fourth-order valence-electron chi connectivity index (χ4n) is 2.07. The molecule has 0 atom stereocenters. The molecular weight excluding hydrogens is 354 g/mol. The number of aryl methyl sites for hydroxylation is 1. The van der Waals surface area contributed by atoms with Gasteiger partial charge in [0.2, 0.25) is 5.91 Å². The van der Waals surface area contributed by atoms with Gasteiger partial charge in [-0.15, -0.1) is 22.7 Å². The molecule has 23 heavy (non-hydrogen) atoms. The van der Waals surface area contributed by atoms with Gasteiger partial charge in [0.25, 0.3) is 11.1 Å². The topological polar surface area (TPSA) is 79.4 Å². The number of thiazole rings is 1. The largest absolute Gasteiger partial charge is 0.349 e. The molecule has 1 aliphatic heterocycles. The third-order valence-electron chi connectivity index (χ3n) is 3.20. The van der Waals surface area contributed by atoms with Gasteiger partial charge < -0.3 is 5.32 Å². The molecule has 0 bridgehead atoms. The van der Waals surface area contributed by atoms with Crippen LogP contribution in [0.3, 0.4) is 0 Å². The molecule has 1 aliphatic rings.